The number of carboxylic acids is 1. The van der Waals surface area contributed by atoms with Crippen molar-refractivity contribution in [2.24, 2.45) is 0 Å². The van der Waals surface area contributed by atoms with Gasteiger partial charge in [0.15, 0.2) is 0 Å². The number of ether oxygens (including phenoxy) is 1. The van der Waals surface area contributed by atoms with Crippen LogP contribution >= 0.6 is 0 Å². The Morgan fingerprint density at radius 2 is 1.83 bits per heavy atom. The number of non-ortho nitro benzene ring substituents is 1. The minimum absolute atomic E-state index is 0.0770. The van der Waals surface area contributed by atoms with Gasteiger partial charge >= 0.3 is 11.9 Å². The van der Waals surface area contributed by atoms with Crippen molar-refractivity contribution in [3.05, 3.63) is 72.6 Å². The number of allylic oxidation sites excluding steroid dienone is 2. The number of nitrogens with zero attached hydrogens (tertiary/aromatic N) is 2. The van der Waals surface area contributed by atoms with Gasteiger partial charge in [-0.1, -0.05) is 12.1 Å². The Kier molecular flexibility index (Phi) is 6.72. The van der Waals surface area contributed by atoms with E-state index in [2.05, 4.69) is 10.2 Å². The number of nitrogens with one attached hydrogen (secondary N) is 1. The van der Waals surface area contributed by atoms with Crippen LogP contribution < -0.4 is 5.32 Å². The number of aliphatic carboxylic acids is 1. The molecular formula is C18H19N3O9. The molecular weight excluding hydrogens is 402 g/mol. The van der Waals surface area contributed by atoms with Crippen LogP contribution in [0, 0.1) is 20.2 Å². The highest BCUT2D eigenvalue weighted by atomic mass is 17.0. The van der Waals surface area contributed by atoms with Crippen LogP contribution in [-0.2, 0) is 19.2 Å². The van der Waals surface area contributed by atoms with Gasteiger partial charge in [0, 0.05) is 23.5 Å². The number of esters is 1. The highest BCUT2D eigenvalue weighted by Gasteiger charge is 2.38. The molecule has 0 bridgehead atoms. The van der Waals surface area contributed by atoms with Crippen LogP contribution in [-0.4, -0.2) is 39.8 Å². The maximum Gasteiger partial charge on any atom is 0.336 e. The SMILES string of the molecule is CC1=C(C(=O)O)C(c2cccc([N+](=O)[O-])c2)C(C(=O)OCC(C)O[N+](=O)[O-])=C(C)N1. The fourth-order valence-corrected chi connectivity index (χ4v) is 3.15. The van der Waals surface area contributed by atoms with Gasteiger partial charge in [0.2, 0.25) is 0 Å². The van der Waals surface area contributed by atoms with E-state index in [0.717, 1.165) is 0 Å². The molecule has 0 spiro atoms. The molecule has 0 aromatic heterocycles. The maximum absolute atomic E-state index is 12.8. The fraction of sp³-hybridized carbons (Fsp3) is 0.333. The summed E-state index contributed by atoms with van der Waals surface area (Å²) in [4.78, 5) is 49.9. The van der Waals surface area contributed by atoms with Crippen molar-refractivity contribution in [1.29, 1.82) is 0 Å². The van der Waals surface area contributed by atoms with Gasteiger partial charge < -0.3 is 20.0 Å². The molecule has 30 heavy (non-hydrogen) atoms. The van der Waals surface area contributed by atoms with Crippen molar-refractivity contribution < 1.29 is 34.3 Å². The van der Waals surface area contributed by atoms with Gasteiger partial charge in [0.25, 0.3) is 10.8 Å². The fourth-order valence-electron chi connectivity index (χ4n) is 3.15. The van der Waals surface area contributed by atoms with Crippen LogP contribution in [0.3, 0.4) is 0 Å². The smallest absolute Gasteiger partial charge is 0.336 e. The van der Waals surface area contributed by atoms with E-state index >= 15 is 0 Å². The van der Waals surface area contributed by atoms with Crippen molar-refractivity contribution in [2.45, 2.75) is 32.8 Å². The molecule has 0 saturated heterocycles. The van der Waals surface area contributed by atoms with E-state index in [-0.39, 0.29) is 28.1 Å². The van der Waals surface area contributed by atoms with Crippen molar-refractivity contribution in [3.63, 3.8) is 0 Å². The van der Waals surface area contributed by atoms with Crippen LogP contribution in [0.25, 0.3) is 0 Å². The molecule has 2 unspecified atom stereocenters. The molecule has 1 aliphatic rings. The van der Waals surface area contributed by atoms with Crippen LogP contribution in [0.5, 0.6) is 0 Å². The lowest BCUT2D eigenvalue weighted by atomic mass is 9.80. The van der Waals surface area contributed by atoms with E-state index in [1.54, 1.807) is 0 Å². The Bertz CT molecular complexity index is 967. The predicted molar refractivity (Wildman–Crippen MR) is 101 cm³/mol. The summed E-state index contributed by atoms with van der Waals surface area (Å²) < 4.78 is 5.09. The van der Waals surface area contributed by atoms with Gasteiger partial charge in [-0.3, -0.25) is 10.1 Å². The lowest BCUT2D eigenvalue weighted by molar-refractivity contribution is -0.767. The number of benzene rings is 1. The first-order valence-electron chi connectivity index (χ1n) is 8.67. The molecule has 2 atom stereocenters. The number of rotatable bonds is 8. The number of carbonyl (C=O) groups is 2. The molecule has 0 fully saturated rings. The lowest BCUT2D eigenvalue weighted by Gasteiger charge is -2.29. The van der Waals surface area contributed by atoms with Gasteiger partial charge in [0.1, 0.15) is 12.7 Å². The summed E-state index contributed by atoms with van der Waals surface area (Å²) >= 11 is 0. The zero-order valence-electron chi connectivity index (χ0n) is 16.3. The van der Waals surface area contributed by atoms with Gasteiger partial charge in [-0.15, -0.1) is 10.1 Å². The summed E-state index contributed by atoms with van der Waals surface area (Å²) in [6.07, 6.45) is -1.05. The molecule has 2 N–H and O–H groups in total. The minimum atomic E-state index is -1.32. The first kappa shape index (κ1) is 22.3. The van der Waals surface area contributed by atoms with Crippen LogP contribution in [0.2, 0.25) is 0 Å². The normalized spacial score (nSPS) is 17.1. The van der Waals surface area contributed by atoms with Gasteiger partial charge in [0.05, 0.1) is 22.0 Å². The third-order valence-electron chi connectivity index (χ3n) is 4.34. The van der Waals surface area contributed by atoms with Crippen LogP contribution in [0.4, 0.5) is 5.69 Å². The molecule has 1 heterocycles. The van der Waals surface area contributed by atoms with E-state index in [1.807, 2.05) is 0 Å². The van der Waals surface area contributed by atoms with Crippen molar-refractivity contribution in [1.82, 2.24) is 5.32 Å². The molecule has 0 aliphatic carbocycles. The summed E-state index contributed by atoms with van der Waals surface area (Å²) in [6, 6.07) is 5.28. The third kappa shape index (κ3) is 4.90. The molecule has 12 nitrogen and oxygen atoms in total. The zero-order valence-corrected chi connectivity index (χ0v) is 16.3. The van der Waals surface area contributed by atoms with E-state index in [9.17, 15) is 34.9 Å². The summed E-state index contributed by atoms with van der Waals surface area (Å²) in [5.74, 6) is -3.40. The second-order valence-corrected chi connectivity index (χ2v) is 6.53. The Hall–Kier alpha value is -3.96. The third-order valence-corrected chi connectivity index (χ3v) is 4.34. The second kappa shape index (κ2) is 9.03. The van der Waals surface area contributed by atoms with E-state index < -0.39 is 40.6 Å². The van der Waals surface area contributed by atoms with Crippen molar-refractivity contribution >= 4 is 17.6 Å². The number of carbonyl (C=O) groups excluding carboxylic acids is 1. The Balaban J connectivity index is 2.48. The lowest BCUT2D eigenvalue weighted by Crippen LogP contribution is -2.32. The topological polar surface area (TPSA) is 171 Å². The molecule has 160 valence electrons. The molecule has 1 aromatic carbocycles. The molecule has 0 amide bonds. The Morgan fingerprint density at radius 3 is 2.40 bits per heavy atom. The Labute approximate surface area is 170 Å². The number of nitro benzene ring substituents is 1. The van der Waals surface area contributed by atoms with Gasteiger partial charge in [-0.25, -0.2) is 9.59 Å². The first-order valence-corrected chi connectivity index (χ1v) is 8.67. The first-order chi connectivity index (χ1) is 14.0. The van der Waals surface area contributed by atoms with Crippen molar-refractivity contribution in [2.75, 3.05) is 6.61 Å². The number of hydrogen-bond donors (Lipinski definition) is 2. The largest absolute Gasteiger partial charge is 0.478 e. The summed E-state index contributed by atoms with van der Waals surface area (Å²) in [6.45, 7) is 3.90. The average Bonchev–Trinajstić information content (AvgIpc) is 2.64. The highest BCUT2D eigenvalue weighted by Crippen LogP contribution is 2.39. The minimum Gasteiger partial charge on any atom is -0.478 e. The second-order valence-electron chi connectivity index (χ2n) is 6.53. The van der Waals surface area contributed by atoms with Crippen molar-refractivity contribution in [3.8, 4) is 0 Å². The molecule has 1 aliphatic heterocycles. The number of hydrogen-bond acceptors (Lipinski definition) is 9. The predicted octanol–water partition coefficient (Wildman–Crippen LogP) is 2.05. The summed E-state index contributed by atoms with van der Waals surface area (Å²) in [5.41, 5.74) is 0.240. The number of dihydropyridines is 1. The molecule has 0 saturated carbocycles. The zero-order chi connectivity index (χ0) is 22.6. The highest BCUT2D eigenvalue weighted by molar-refractivity contribution is 5.99. The van der Waals surface area contributed by atoms with E-state index in [1.165, 1.54) is 45.0 Å². The molecule has 1 aromatic rings. The molecule has 0 radical (unpaired) electrons. The van der Waals surface area contributed by atoms with E-state index in [4.69, 9.17) is 4.74 Å². The quantitative estimate of drug-likeness (QED) is 0.359. The summed E-state index contributed by atoms with van der Waals surface area (Å²) in [7, 11) is 0. The Morgan fingerprint density at radius 1 is 1.20 bits per heavy atom. The van der Waals surface area contributed by atoms with Crippen LogP contribution in [0.15, 0.2) is 46.8 Å². The standard InChI is InChI=1S/C18H19N3O9/c1-9(30-21(27)28)8-29-18(24)15-11(3)19-10(2)14(17(22)23)16(15)12-5-4-6-13(7-12)20(25)26/h4-7,9,16,19H,8H2,1-3H3,(H,22,23). The number of nitro groups is 1. The summed E-state index contributed by atoms with van der Waals surface area (Å²) in [5, 5.41) is 33.0. The van der Waals surface area contributed by atoms with Crippen LogP contribution in [0.1, 0.15) is 32.3 Å². The number of carboxylic acid groups (broad SMARTS) is 1. The van der Waals surface area contributed by atoms with E-state index in [0.29, 0.717) is 5.70 Å². The molecule has 2 rings (SSSR count). The molecule has 12 heteroatoms. The van der Waals surface area contributed by atoms with Gasteiger partial charge in [-0.2, -0.15) is 0 Å². The van der Waals surface area contributed by atoms with Gasteiger partial charge in [-0.05, 0) is 26.3 Å². The average molecular weight is 421 g/mol. The maximum atomic E-state index is 12.8. The monoisotopic (exact) mass is 421 g/mol.